The van der Waals surface area contributed by atoms with E-state index in [1.807, 2.05) is 37.6 Å². The minimum absolute atomic E-state index is 0.275. The van der Waals surface area contributed by atoms with Crippen LogP contribution in [0.5, 0.6) is 0 Å². The fraction of sp³-hybridized carbons (Fsp3) is 0.370. The Morgan fingerprint density at radius 1 is 1.18 bits per heavy atom. The number of H-pyrrole nitrogens is 1. The molecular formula is C27H31N5O. The molecule has 5 rings (SSSR count). The highest BCUT2D eigenvalue weighted by atomic mass is 16.2. The molecule has 3 heterocycles. The summed E-state index contributed by atoms with van der Waals surface area (Å²) in [5.41, 5.74) is 6.71. The maximum atomic E-state index is 12.8. The van der Waals surface area contributed by atoms with Crippen molar-refractivity contribution in [3.8, 4) is 11.1 Å². The van der Waals surface area contributed by atoms with E-state index in [4.69, 9.17) is 0 Å². The third kappa shape index (κ3) is 4.56. The Morgan fingerprint density at radius 2 is 2.03 bits per heavy atom. The number of rotatable bonds is 6. The average Bonchev–Trinajstić information content (AvgIpc) is 3.44. The van der Waals surface area contributed by atoms with Gasteiger partial charge in [0.25, 0.3) is 0 Å². The van der Waals surface area contributed by atoms with Crippen LogP contribution in [-0.4, -0.2) is 43.1 Å². The number of aromatic amines is 1. The van der Waals surface area contributed by atoms with Crippen molar-refractivity contribution in [2.75, 3.05) is 6.54 Å². The van der Waals surface area contributed by atoms with Gasteiger partial charge in [0, 0.05) is 36.8 Å². The van der Waals surface area contributed by atoms with Crippen molar-refractivity contribution in [3.63, 3.8) is 0 Å². The van der Waals surface area contributed by atoms with Gasteiger partial charge >= 0.3 is 0 Å². The van der Waals surface area contributed by atoms with E-state index in [1.165, 1.54) is 5.56 Å². The highest BCUT2D eigenvalue weighted by molar-refractivity contribution is 5.82. The molecule has 2 unspecified atom stereocenters. The monoisotopic (exact) mass is 441 g/mol. The number of aryl methyl sites for hydroxylation is 2. The van der Waals surface area contributed by atoms with Crippen LogP contribution in [0, 0.1) is 12.8 Å². The van der Waals surface area contributed by atoms with Crippen molar-refractivity contribution >= 4 is 16.9 Å². The summed E-state index contributed by atoms with van der Waals surface area (Å²) in [5.74, 6) is 0.825. The quantitative estimate of drug-likeness (QED) is 0.458. The molecule has 1 amide bonds. The van der Waals surface area contributed by atoms with Gasteiger partial charge in [-0.3, -0.25) is 9.89 Å². The fourth-order valence-corrected chi connectivity index (χ4v) is 5.14. The smallest absolute Gasteiger partial charge is 0.223 e. The van der Waals surface area contributed by atoms with Gasteiger partial charge in [-0.05, 0) is 62.3 Å². The van der Waals surface area contributed by atoms with Gasteiger partial charge in [0.05, 0.1) is 23.6 Å². The Labute approximate surface area is 194 Å². The van der Waals surface area contributed by atoms with E-state index in [9.17, 15) is 4.79 Å². The lowest BCUT2D eigenvalue weighted by molar-refractivity contribution is -0.135. The fourth-order valence-electron chi connectivity index (χ4n) is 5.14. The Kier molecular flexibility index (Phi) is 5.99. The van der Waals surface area contributed by atoms with Crippen molar-refractivity contribution in [2.45, 2.75) is 52.1 Å². The topological polar surface area (TPSA) is 66.8 Å². The standard InChI is InChI=1S/C27H31N5O/c1-19-14-22(12-13-32(19)27(33)11-8-21-6-4-3-5-7-21)17-31-18-28-25-15-23(9-10-26(25)31)24-16-29-30-20(24)2/h3-7,9-10,15-16,18-19,22H,8,11-14,17H2,1-2H3,(H,29,30). The Morgan fingerprint density at radius 3 is 2.79 bits per heavy atom. The molecule has 1 N–H and O–H groups in total. The average molecular weight is 442 g/mol. The largest absolute Gasteiger partial charge is 0.340 e. The van der Waals surface area contributed by atoms with Crippen LogP contribution < -0.4 is 0 Å². The van der Waals surface area contributed by atoms with Crippen LogP contribution in [0.25, 0.3) is 22.2 Å². The van der Waals surface area contributed by atoms with Gasteiger partial charge in [-0.2, -0.15) is 5.10 Å². The number of amides is 1. The van der Waals surface area contributed by atoms with Crippen LogP contribution in [0.1, 0.15) is 37.4 Å². The van der Waals surface area contributed by atoms with E-state index in [0.29, 0.717) is 12.3 Å². The molecule has 2 aromatic heterocycles. The van der Waals surface area contributed by atoms with Crippen molar-refractivity contribution in [2.24, 2.45) is 5.92 Å². The molecule has 170 valence electrons. The van der Waals surface area contributed by atoms with Crippen LogP contribution in [0.3, 0.4) is 0 Å². The number of benzene rings is 2. The zero-order chi connectivity index (χ0) is 22.8. The first kappa shape index (κ1) is 21.4. The number of carbonyl (C=O) groups is 1. The van der Waals surface area contributed by atoms with Gasteiger partial charge in [0.1, 0.15) is 0 Å². The first-order valence-corrected chi connectivity index (χ1v) is 11.9. The molecule has 33 heavy (non-hydrogen) atoms. The maximum Gasteiger partial charge on any atom is 0.223 e. The number of nitrogens with zero attached hydrogens (tertiary/aromatic N) is 4. The summed E-state index contributed by atoms with van der Waals surface area (Å²) in [5, 5.41) is 7.14. The third-order valence-electron chi connectivity index (χ3n) is 6.99. The molecule has 1 saturated heterocycles. The number of nitrogens with one attached hydrogen (secondary N) is 1. The number of aromatic nitrogens is 4. The lowest BCUT2D eigenvalue weighted by Gasteiger charge is -2.38. The molecule has 6 heteroatoms. The molecule has 0 aliphatic carbocycles. The number of imidazole rings is 1. The van der Waals surface area contributed by atoms with Crippen molar-refractivity contribution in [1.82, 2.24) is 24.6 Å². The molecule has 0 radical (unpaired) electrons. The van der Waals surface area contributed by atoms with Crippen LogP contribution in [0.4, 0.5) is 0 Å². The second-order valence-corrected chi connectivity index (χ2v) is 9.32. The summed E-state index contributed by atoms with van der Waals surface area (Å²) < 4.78 is 2.27. The first-order valence-electron chi connectivity index (χ1n) is 11.9. The summed E-state index contributed by atoms with van der Waals surface area (Å²) in [6.07, 6.45) is 7.29. The van der Waals surface area contributed by atoms with Crippen LogP contribution in [0.2, 0.25) is 0 Å². The highest BCUT2D eigenvalue weighted by Crippen LogP contribution is 2.29. The Hall–Kier alpha value is -3.41. The lowest BCUT2D eigenvalue weighted by atomic mass is 9.91. The van der Waals surface area contributed by atoms with E-state index < -0.39 is 0 Å². The Balaban J connectivity index is 1.20. The number of hydrogen-bond acceptors (Lipinski definition) is 3. The van der Waals surface area contributed by atoms with Crippen molar-refractivity contribution < 1.29 is 4.79 Å². The Bertz CT molecular complexity index is 1240. The number of likely N-dealkylation sites (tertiary alicyclic amines) is 1. The predicted molar refractivity (Wildman–Crippen MR) is 131 cm³/mol. The van der Waals surface area contributed by atoms with Crippen molar-refractivity contribution in [1.29, 1.82) is 0 Å². The van der Waals surface area contributed by atoms with Crippen LogP contribution >= 0.6 is 0 Å². The molecule has 0 bridgehead atoms. The van der Waals surface area contributed by atoms with E-state index in [2.05, 4.69) is 61.9 Å². The second-order valence-electron chi connectivity index (χ2n) is 9.32. The lowest BCUT2D eigenvalue weighted by Crippen LogP contribution is -2.45. The summed E-state index contributed by atoms with van der Waals surface area (Å²) in [6, 6.07) is 17.0. The van der Waals surface area contributed by atoms with Crippen LogP contribution in [0.15, 0.2) is 61.1 Å². The molecule has 0 saturated carbocycles. The molecular weight excluding hydrogens is 410 g/mol. The molecule has 4 aromatic rings. The minimum atomic E-state index is 0.275. The number of carbonyl (C=O) groups excluding carboxylic acids is 1. The zero-order valence-corrected chi connectivity index (χ0v) is 19.4. The second kappa shape index (κ2) is 9.22. The van der Waals surface area contributed by atoms with Crippen molar-refractivity contribution in [3.05, 3.63) is 72.3 Å². The molecule has 1 aliphatic heterocycles. The molecule has 1 fully saturated rings. The van der Waals surface area contributed by atoms with Gasteiger partial charge in [-0.25, -0.2) is 4.98 Å². The predicted octanol–water partition coefficient (Wildman–Crippen LogP) is 4.99. The van der Waals surface area contributed by atoms with Gasteiger partial charge < -0.3 is 9.47 Å². The maximum absolute atomic E-state index is 12.8. The molecule has 1 aliphatic rings. The zero-order valence-electron chi connectivity index (χ0n) is 19.4. The number of piperidine rings is 1. The van der Waals surface area contributed by atoms with Gasteiger partial charge in [0.2, 0.25) is 5.91 Å². The molecule has 6 nitrogen and oxygen atoms in total. The molecule has 2 aromatic carbocycles. The highest BCUT2D eigenvalue weighted by Gasteiger charge is 2.28. The molecule has 2 atom stereocenters. The molecule has 0 spiro atoms. The SMILES string of the molecule is Cc1[nH]ncc1-c1ccc2c(c1)ncn2CC1CCN(C(=O)CCc2ccccc2)C(C)C1. The van der Waals surface area contributed by atoms with Gasteiger partial charge in [-0.1, -0.05) is 36.4 Å². The summed E-state index contributed by atoms with van der Waals surface area (Å²) in [6.45, 7) is 6.01. The van der Waals surface area contributed by atoms with E-state index >= 15 is 0 Å². The minimum Gasteiger partial charge on any atom is -0.340 e. The van der Waals surface area contributed by atoms with E-state index in [1.54, 1.807) is 0 Å². The van der Waals surface area contributed by atoms with Gasteiger partial charge in [-0.15, -0.1) is 0 Å². The third-order valence-corrected chi connectivity index (χ3v) is 6.99. The van der Waals surface area contributed by atoms with Crippen LogP contribution in [-0.2, 0) is 17.8 Å². The summed E-state index contributed by atoms with van der Waals surface area (Å²) in [4.78, 5) is 19.6. The normalized spacial score (nSPS) is 18.7. The van der Waals surface area contributed by atoms with E-state index in [0.717, 1.165) is 60.2 Å². The number of fused-ring (bicyclic) bond motifs is 1. The first-order chi connectivity index (χ1) is 16.1. The van der Waals surface area contributed by atoms with E-state index in [-0.39, 0.29) is 11.9 Å². The summed E-state index contributed by atoms with van der Waals surface area (Å²) in [7, 11) is 0. The number of hydrogen-bond donors (Lipinski definition) is 1. The summed E-state index contributed by atoms with van der Waals surface area (Å²) >= 11 is 0. The van der Waals surface area contributed by atoms with Gasteiger partial charge in [0.15, 0.2) is 0 Å².